The van der Waals surface area contributed by atoms with Gasteiger partial charge in [0.1, 0.15) is 0 Å². The van der Waals surface area contributed by atoms with Crippen molar-refractivity contribution in [3.05, 3.63) is 0 Å². The van der Waals surface area contributed by atoms with Crippen molar-refractivity contribution in [2.45, 2.75) is 58.4 Å². The number of hydrogen-bond donors (Lipinski definition) is 1. The van der Waals surface area contributed by atoms with E-state index in [1.165, 1.54) is 38.6 Å². The van der Waals surface area contributed by atoms with E-state index in [2.05, 4.69) is 26.1 Å². The third kappa shape index (κ3) is 3.14. The summed E-state index contributed by atoms with van der Waals surface area (Å²) in [6.07, 6.45) is 7.02. The lowest BCUT2D eigenvalue weighted by atomic mass is 9.77. The number of rotatable bonds is 5. The van der Waals surface area contributed by atoms with Crippen molar-refractivity contribution in [2.24, 2.45) is 5.92 Å². The molecule has 0 heterocycles. The second kappa shape index (κ2) is 4.27. The lowest BCUT2D eigenvalue weighted by molar-refractivity contribution is 0.216. The predicted molar refractivity (Wildman–Crippen MR) is 54.3 cm³/mol. The molecule has 12 heavy (non-hydrogen) atoms. The highest BCUT2D eigenvalue weighted by Gasteiger charge is 2.26. The van der Waals surface area contributed by atoms with Crippen LogP contribution >= 0.6 is 0 Å². The molecular weight excluding hydrogens is 146 g/mol. The summed E-state index contributed by atoms with van der Waals surface area (Å²) in [6, 6.07) is 0. The van der Waals surface area contributed by atoms with Gasteiger partial charge in [0.25, 0.3) is 0 Å². The second-order valence-electron chi connectivity index (χ2n) is 4.81. The highest BCUT2D eigenvalue weighted by Crippen LogP contribution is 2.33. The Morgan fingerprint density at radius 1 is 1.33 bits per heavy atom. The van der Waals surface area contributed by atoms with Gasteiger partial charge >= 0.3 is 0 Å². The molecule has 1 aliphatic carbocycles. The molecule has 0 atom stereocenters. The van der Waals surface area contributed by atoms with Crippen LogP contribution in [0.2, 0.25) is 0 Å². The molecule has 1 rings (SSSR count). The third-order valence-electron chi connectivity index (χ3n) is 2.88. The predicted octanol–water partition coefficient (Wildman–Crippen LogP) is 2.95. The molecule has 0 aliphatic heterocycles. The van der Waals surface area contributed by atoms with Crippen molar-refractivity contribution in [1.82, 2.24) is 5.32 Å². The van der Waals surface area contributed by atoms with E-state index in [4.69, 9.17) is 0 Å². The summed E-state index contributed by atoms with van der Waals surface area (Å²) in [5.74, 6) is 1.02. The Morgan fingerprint density at radius 2 is 2.00 bits per heavy atom. The van der Waals surface area contributed by atoms with Crippen LogP contribution in [-0.2, 0) is 0 Å². The summed E-state index contributed by atoms with van der Waals surface area (Å²) >= 11 is 0. The highest BCUT2D eigenvalue weighted by atomic mass is 14.9. The van der Waals surface area contributed by atoms with Gasteiger partial charge in [0.05, 0.1) is 0 Å². The first-order valence-electron chi connectivity index (χ1n) is 5.39. The van der Waals surface area contributed by atoms with Gasteiger partial charge in [-0.2, -0.15) is 0 Å². The molecule has 1 saturated carbocycles. The van der Waals surface area contributed by atoms with Crippen LogP contribution in [0.5, 0.6) is 0 Å². The van der Waals surface area contributed by atoms with Crippen molar-refractivity contribution >= 4 is 0 Å². The molecule has 1 aliphatic rings. The Bertz CT molecular complexity index is 125. The van der Waals surface area contributed by atoms with Crippen LogP contribution in [0, 0.1) is 5.92 Å². The Morgan fingerprint density at radius 3 is 2.42 bits per heavy atom. The van der Waals surface area contributed by atoms with Crippen molar-refractivity contribution in [3.8, 4) is 0 Å². The van der Waals surface area contributed by atoms with E-state index in [0.29, 0.717) is 5.54 Å². The maximum absolute atomic E-state index is 3.61. The fourth-order valence-electron chi connectivity index (χ4n) is 1.95. The van der Waals surface area contributed by atoms with E-state index < -0.39 is 0 Å². The van der Waals surface area contributed by atoms with Crippen molar-refractivity contribution in [1.29, 1.82) is 0 Å². The summed E-state index contributed by atoms with van der Waals surface area (Å²) in [7, 11) is 0. The molecule has 0 unspecified atom stereocenters. The summed E-state index contributed by atoms with van der Waals surface area (Å²) < 4.78 is 0. The first-order chi connectivity index (χ1) is 5.64. The van der Waals surface area contributed by atoms with Crippen LogP contribution in [-0.4, -0.2) is 12.1 Å². The van der Waals surface area contributed by atoms with Gasteiger partial charge in [-0.3, -0.25) is 0 Å². The summed E-state index contributed by atoms with van der Waals surface area (Å²) in [5, 5.41) is 3.61. The quantitative estimate of drug-likeness (QED) is 0.667. The van der Waals surface area contributed by atoms with Gasteiger partial charge in [-0.25, -0.2) is 0 Å². The molecule has 0 amide bonds. The molecule has 72 valence electrons. The molecule has 0 aromatic rings. The molecule has 1 fully saturated rings. The SMILES string of the molecule is CCCNC(C)(C)CC1CCC1. The number of nitrogens with one attached hydrogen (secondary N) is 1. The first kappa shape index (κ1) is 10.0. The lowest BCUT2D eigenvalue weighted by Gasteiger charge is -2.35. The zero-order valence-electron chi connectivity index (χ0n) is 8.82. The van der Waals surface area contributed by atoms with Gasteiger partial charge in [0.2, 0.25) is 0 Å². The topological polar surface area (TPSA) is 12.0 Å². The Hall–Kier alpha value is -0.0400. The maximum Gasteiger partial charge on any atom is 0.0127 e. The van der Waals surface area contributed by atoms with Crippen LogP contribution in [0.25, 0.3) is 0 Å². The minimum atomic E-state index is 0.376. The zero-order valence-corrected chi connectivity index (χ0v) is 8.82. The largest absolute Gasteiger partial charge is 0.312 e. The normalized spacial score (nSPS) is 19.2. The molecule has 0 spiro atoms. The molecule has 0 aromatic heterocycles. The summed E-state index contributed by atoms with van der Waals surface area (Å²) in [4.78, 5) is 0. The fourth-order valence-corrected chi connectivity index (χ4v) is 1.95. The van der Waals surface area contributed by atoms with E-state index in [-0.39, 0.29) is 0 Å². The molecule has 1 heteroatoms. The molecule has 0 aromatic carbocycles. The average molecular weight is 169 g/mol. The minimum absolute atomic E-state index is 0.376. The molecular formula is C11H23N. The average Bonchev–Trinajstić information content (AvgIpc) is 1.94. The molecule has 0 saturated heterocycles. The zero-order chi connectivity index (χ0) is 9.03. The number of hydrogen-bond acceptors (Lipinski definition) is 1. The first-order valence-corrected chi connectivity index (χ1v) is 5.39. The second-order valence-corrected chi connectivity index (χ2v) is 4.81. The third-order valence-corrected chi connectivity index (χ3v) is 2.88. The van der Waals surface area contributed by atoms with Crippen molar-refractivity contribution < 1.29 is 0 Å². The van der Waals surface area contributed by atoms with E-state index in [0.717, 1.165) is 5.92 Å². The van der Waals surface area contributed by atoms with E-state index in [1.807, 2.05) is 0 Å². The van der Waals surface area contributed by atoms with Crippen LogP contribution in [0.15, 0.2) is 0 Å². The van der Waals surface area contributed by atoms with Crippen LogP contribution in [0.3, 0.4) is 0 Å². The van der Waals surface area contributed by atoms with Gasteiger partial charge in [0.15, 0.2) is 0 Å². The van der Waals surface area contributed by atoms with Crippen molar-refractivity contribution in [3.63, 3.8) is 0 Å². The monoisotopic (exact) mass is 169 g/mol. The van der Waals surface area contributed by atoms with Crippen LogP contribution in [0.1, 0.15) is 52.9 Å². The molecule has 0 radical (unpaired) electrons. The van der Waals surface area contributed by atoms with Gasteiger partial charge in [-0.1, -0.05) is 26.2 Å². The summed E-state index contributed by atoms with van der Waals surface area (Å²) in [5.41, 5.74) is 0.376. The minimum Gasteiger partial charge on any atom is -0.312 e. The van der Waals surface area contributed by atoms with Gasteiger partial charge in [-0.05, 0) is 39.2 Å². The van der Waals surface area contributed by atoms with E-state index in [1.54, 1.807) is 0 Å². The molecule has 1 N–H and O–H groups in total. The van der Waals surface area contributed by atoms with Gasteiger partial charge in [0, 0.05) is 5.54 Å². The van der Waals surface area contributed by atoms with E-state index >= 15 is 0 Å². The van der Waals surface area contributed by atoms with Gasteiger partial charge < -0.3 is 5.32 Å². The van der Waals surface area contributed by atoms with Gasteiger partial charge in [-0.15, -0.1) is 0 Å². The smallest absolute Gasteiger partial charge is 0.0127 e. The Labute approximate surface area is 76.9 Å². The van der Waals surface area contributed by atoms with Crippen LogP contribution < -0.4 is 5.32 Å². The molecule has 0 bridgehead atoms. The highest BCUT2D eigenvalue weighted by molar-refractivity contribution is 4.83. The van der Waals surface area contributed by atoms with Crippen LogP contribution in [0.4, 0.5) is 0 Å². The Kier molecular flexibility index (Phi) is 3.57. The summed E-state index contributed by atoms with van der Waals surface area (Å²) in [6.45, 7) is 8.06. The lowest BCUT2D eigenvalue weighted by Crippen LogP contribution is -2.42. The maximum atomic E-state index is 3.61. The fraction of sp³-hybridized carbons (Fsp3) is 1.00. The molecule has 1 nitrogen and oxygen atoms in total. The van der Waals surface area contributed by atoms with Crippen molar-refractivity contribution in [2.75, 3.05) is 6.54 Å². The standard InChI is InChI=1S/C11H23N/c1-4-8-12-11(2,3)9-10-6-5-7-10/h10,12H,4-9H2,1-3H3. The Balaban J connectivity index is 2.16. The van der Waals surface area contributed by atoms with E-state index in [9.17, 15) is 0 Å².